The van der Waals surface area contributed by atoms with Crippen molar-refractivity contribution in [2.45, 2.75) is 72.5 Å². The Kier molecular flexibility index (Phi) is 11.0. The van der Waals surface area contributed by atoms with Crippen LogP contribution in [-0.2, 0) is 26.2 Å². The molecule has 8 nitrogen and oxygen atoms in total. The Bertz CT molecular complexity index is 1180. The van der Waals surface area contributed by atoms with Gasteiger partial charge in [0.25, 0.3) is 0 Å². The Morgan fingerprint density at radius 3 is 2.35 bits per heavy atom. The lowest BCUT2D eigenvalue weighted by Gasteiger charge is -2.30. The minimum absolute atomic E-state index is 0.00925. The average Bonchev–Trinajstić information content (AvgIpc) is 2.85. The molecule has 9 heteroatoms. The fraction of sp³-hybridized carbons (Fsp3) is 0.500. The number of hydrogen-bond acceptors (Lipinski definition) is 5. The molecular weight excluding hydrogens is 490 g/mol. The molecular formula is C28H41N3O5S. The van der Waals surface area contributed by atoms with E-state index in [1.54, 1.807) is 25.0 Å². The van der Waals surface area contributed by atoms with E-state index in [0.717, 1.165) is 23.1 Å². The number of carbonyl (C=O) groups excluding carboxylic acids is 2. The monoisotopic (exact) mass is 531 g/mol. The fourth-order valence-corrected chi connectivity index (χ4v) is 4.86. The number of amides is 2. The minimum Gasteiger partial charge on any atom is -0.497 e. The van der Waals surface area contributed by atoms with E-state index in [9.17, 15) is 18.0 Å². The highest BCUT2D eigenvalue weighted by molar-refractivity contribution is 7.92. The zero-order chi connectivity index (χ0) is 27.8. The summed E-state index contributed by atoms with van der Waals surface area (Å²) in [5, 5.41) is 2.95. The van der Waals surface area contributed by atoms with Crippen molar-refractivity contribution in [2.75, 3.05) is 24.2 Å². The van der Waals surface area contributed by atoms with Gasteiger partial charge in [-0.15, -0.1) is 0 Å². The van der Waals surface area contributed by atoms with Gasteiger partial charge >= 0.3 is 0 Å². The number of benzene rings is 2. The molecule has 0 saturated heterocycles. The van der Waals surface area contributed by atoms with Crippen LogP contribution in [0.1, 0.15) is 56.7 Å². The van der Waals surface area contributed by atoms with E-state index < -0.39 is 16.1 Å². The van der Waals surface area contributed by atoms with Gasteiger partial charge in [0.05, 0.1) is 19.1 Å². The summed E-state index contributed by atoms with van der Waals surface area (Å²) in [4.78, 5) is 27.9. The highest BCUT2D eigenvalue weighted by Gasteiger charge is 2.27. The molecule has 1 N–H and O–H groups in total. The first-order chi connectivity index (χ1) is 17.4. The van der Waals surface area contributed by atoms with Gasteiger partial charge in [-0.25, -0.2) is 8.42 Å². The fourth-order valence-electron chi connectivity index (χ4n) is 3.90. The molecule has 37 heavy (non-hydrogen) atoms. The summed E-state index contributed by atoms with van der Waals surface area (Å²) >= 11 is 0. The lowest BCUT2D eigenvalue weighted by molar-refractivity contribution is -0.140. The van der Waals surface area contributed by atoms with Crippen LogP contribution in [0.4, 0.5) is 5.69 Å². The molecule has 2 atom stereocenters. The number of aryl methyl sites for hydroxylation is 2. The molecule has 0 spiro atoms. The third-order valence-electron chi connectivity index (χ3n) is 6.59. The molecule has 0 unspecified atom stereocenters. The minimum atomic E-state index is -3.54. The highest BCUT2D eigenvalue weighted by Crippen LogP contribution is 2.22. The molecule has 204 valence electrons. The van der Waals surface area contributed by atoms with Crippen molar-refractivity contribution in [1.82, 2.24) is 10.2 Å². The average molecular weight is 532 g/mol. The maximum Gasteiger partial charge on any atom is 0.242 e. The van der Waals surface area contributed by atoms with Crippen LogP contribution in [-0.4, -0.2) is 57.1 Å². The van der Waals surface area contributed by atoms with Gasteiger partial charge in [-0.2, -0.15) is 0 Å². The number of nitrogens with zero attached hydrogens (tertiary/aromatic N) is 2. The van der Waals surface area contributed by atoms with E-state index in [1.165, 1.54) is 10.6 Å². The second-order valence-electron chi connectivity index (χ2n) is 9.57. The van der Waals surface area contributed by atoms with E-state index in [2.05, 4.69) is 5.32 Å². The second-order valence-corrected chi connectivity index (χ2v) is 11.5. The van der Waals surface area contributed by atoms with Crippen molar-refractivity contribution in [2.24, 2.45) is 0 Å². The summed E-state index contributed by atoms with van der Waals surface area (Å²) in [6, 6.07) is 12.2. The summed E-state index contributed by atoms with van der Waals surface area (Å²) < 4.78 is 31.7. The first-order valence-electron chi connectivity index (χ1n) is 12.6. The predicted octanol–water partition coefficient (Wildman–Crippen LogP) is 4.19. The summed E-state index contributed by atoms with van der Waals surface area (Å²) in [7, 11) is -1.96. The summed E-state index contributed by atoms with van der Waals surface area (Å²) in [6.45, 7) is 9.92. The van der Waals surface area contributed by atoms with Crippen molar-refractivity contribution >= 4 is 27.5 Å². The number of rotatable bonds is 13. The Labute approximate surface area is 222 Å². The topological polar surface area (TPSA) is 96.0 Å². The number of carbonyl (C=O) groups is 2. The molecule has 0 aromatic heterocycles. The van der Waals surface area contributed by atoms with Gasteiger partial charge < -0.3 is 15.0 Å². The lowest BCUT2D eigenvalue weighted by atomic mass is 10.1. The van der Waals surface area contributed by atoms with Crippen LogP contribution in [0, 0.1) is 13.8 Å². The Hall–Kier alpha value is -3.07. The third-order valence-corrected chi connectivity index (χ3v) is 7.78. The van der Waals surface area contributed by atoms with E-state index in [4.69, 9.17) is 4.74 Å². The number of methoxy groups -OCH3 is 1. The summed E-state index contributed by atoms with van der Waals surface area (Å²) in [6.07, 6.45) is 2.36. The standard InChI is InChI=1S/C28H41N3O5S/c1-8-22(4)29-28(33)23(5)30(19-24-11-9-12-26(18-24)36-6)27(32)13-10-16-31(37(7,34)35)25-15-14-20(2)21(3)17-25/h9,11-12,14-15,17-18,22-23H,8,10,13,16,19H2,1-7H3,(H,29,33)/t22-,23-/m0/s1. The number of nitrogens with one attached hydrogen (secondary N) is 1. The molecule has 0 aliphatic carbocycles. The molecule has 2 aromatic rings. The molecule has 0 fully saturated rings. The Balaban J connectivity index is 2.21. The van der Waals surface area contributed by atoms with Crippen LogP contribution < -0.4 is 14.4 Å². The van der Waals surface area contributed by atoms with Gasteiger partial charge in [0, 0.05) is 25.6 Å². The van der Waals surface area contributed by atoms with E-state index in [-0.39, 0.29) is 37.4 Å². The van der Waals surface area contributed by atoms with Crippen molar-refractivity contribution in [3.8, 4) is 5.75 Å². The third kappa shape index (κ3) is 8.77. The molecule has 2 aromatic carbocycles. The molecule has 2 amide bonds. The van der Waals surface area contributed by atoms with Crippen molar-refractivity contribution in [3.63, 3.8) is 0 Å². The summed E-state index contributed by atoms with van der Waals surface area (Å²) in [5.74, 6) is 0.223. The lowest BCUT2D eigenvalue weighted by Crippen LogP contribution is -2.49. The molecule has 0 bridgehead atoms. The van der Waals surface area contributed by atoms with E-state index in [0.29, 0.717) is 17.9 Å². The number of hydrogen-bond donors (Lipinski definition) is 1. The molecule has 0 aliphatic rings. The van der Waals surface area contributed by atoms with Gasteiger partial charge in [-0.3, -0.25) is 13.9 Å². The first kappa shape index (κ1) is 30.2. The van der Waals surface area contributed by atoms with Crippen molar-refractivity contribution < 1.29 is 22.7 Å². The first-order valence-corrected chi connectivity index (χ1v) is 14.5. The van der Waals surface area contributed by atoms with Crippen LogP contribution >= 0.6 is 0 Å². The largest absolute Gasteiger partial charge is 0.497 e. The highest BCUT2D eigenvalue weighted by atomic mass is 32.2. The van der Waals surface area contributed by atoms with Crippen LogP contribution in [0.3, 0.4) is 0 Å². The van der Waals surface area contributed by atoms with Crippen LogP contribution in [0.2, 0.25) is 0 Å². The van der Waals surface area contributed by atoms with E-state index in [1.807, 2.05) is 64.1 Å². The Morgan fingerprint density at radius 1 is 1.05 bits per heavy atom. The molecule has 0 heterocycles. The SMILES string of the molecule is CC[C@H](C)NC(=O)[C@H](C)N(Cc1cccc(OC)c1)C(=O)CCCN(c1ccc(C)c(C)c1)S(C)(=O)=O. The maximum absolute atomic E-state index is 13.4. The second kappa shape index (κ2) is 13.5. The van der Waals surface area contributed by atoms with Crippen molar-refractivity contribution in [3.05, 3.63) is 59.2 Å². The zero-order valence-electron chi connectivity index (χ0n) is 23.1. The predicted molar refractivity (Wildman–Crippen MR) is 148 cm³/mol. The summed E-state index contributed by atoms with van der Waals surface area (Å²) in [5.41, 5.74) is 3.48. The van der Waals surface area contributed by atoms with Crippen molar-refractivity contribution in [1.29, 1.82) is 0 Å². The van der Waals surface area contributed by atoms with Crippen LogP contribution in [0.15, 0.2) is 42.5 Å². The van der Waals surface area contributed by atoms with Gasteiger partial charge in [0.2, 0.25) is 21.8 Å². The van der Waals surface area contributed by atoms with Gasteiger partial charge in [-0.05, 0) is 81.5 Å². The van der Waals surface area contributed by atoms with E-state index >= 15 is 0 Å². The smallest absolute Gasteiger partial charge is 0.242 e. The number of sulfonamides is 1. The molecule has 2 rings (SSSR count). The van der Waals surface area contributed by atoms with Crippen LogP contribution in [0.5, 0.6) is 5.75 Å². The number of ether oxygens (including phenoxy) is 1. The molecule has 0 aliphatic heterocycles. The molecule has 0 saturated carbocycles. The van der Waals surface area contributed by atoms with Gasteiger partial charge in [0.15, 0.2) is 0 Å². The van der Waals surface area contributed by atoms with Crippen LogP contribution in [0.25, 0.3) is 0 Å². The maximum atomic E-state index is 13.4. The quantitative estimate of drug-likeness (QED) is 0.418. The van der Waals surface area contributed by atoms with Gasteiger partial charge in [-0.1, -0.05) is 25.1 Å². The van der Waals surface area contributed by atoms with Gasteiger partial charge in [0.1, 0.15) is 11.8 Å². The molecule has 0 radical (unpaired) electrons. The normalized spacial score (nSPS) is 12.9. The Morgan fingerprint density at radius 2 is 1.76 bits per heavy atom. The zero-order valence-corrected chi connectivity index (χ0v) is 23.9. The number of anilines is 1.